The van der Waals surface area contributed by atoms with Crippen molar-refractivity contribution in [2.24, 2.45) is 5.41 Å². The maximum Gasteiger partial charge on any atom is 0.0960 e. The molecule has 0 spiro atoms. The fourth-order valence-corrected chi connectivity index (χ4v) is 3.70. The molecular formula is C19H28O2. The van der Waals surface area contributed by atoms with Crippen molar-refractivity contribution >= 4 is 0 Å². The molecule has 0 unspecified atom stereocenters. The molecule has 2 N–H and O–H groups in total. The Hall–Kier alpha value is -1.44. The van der Waals surface area contributed by atoms with Crippen LogP contribution in [0.4, 0.5) is 0 Å². The van der Waals surface area contributed by atoms with Gasteiger partial charge in [-0.2, -0.15) is 0 Å². The Kier molecular flexibility index (Phi) is 4.97. The van der Waals surface area contributed by atoms with Crippen LogP contribution in [0.3, 0.4) is 0 Å². The van der Waals surface area contributed by atoms with Gasteiger partial charge in [0.05, 0.1) is 11.5 Å². The standard InChI is InChI=1S/C19H28O2/c1-4-14(2)18(21)13-19(10-6-5-7-11-19)16-8-9-17(20)15(3)12-16/h4,12,20-21H,1,5-11,13H2,2-3H3/b18-14+. The maximum absolute atomic E-state index is 10.4. The molecule has 2 heteroatoms. The number of aliphatic hydroxyl groups excluding tert-OH is 2. The molecule has 2 rings (SSSR count). The predicted octanol–water partition coefficient (Wildman–Crippen LogP) is 5.90. The number of hydrogen-bond acceptors (Lipinski definition) is 2. The average molecular weight is 288 g/mol. The van der Waals surface area contributed by atoms with E-state index < -0.39 is 0 Å². The lowest BCUT2D eigenvalue weighted by atomic mass is 9.64. The Morgan fingerprint density at radius 3 is 2.52 bits per heavy atom. The zero-order valence-corrected chi connectivity index (χ0v) is 13.4. The molecule has 116 valence electrons. The Morgan fingerprint density at radius 2 is 1.95 bits per heavy atom. The molecule has 1 fully saturated rings. The summed E-state index contributed by atoms with van der Waals surface area (Å²) in [6.07, 6.45) is 12.3. The van der Waals surface area contributed by atoms with Crippen LogP contribution in [0, 0.1) is 5.41 Å². The van der Waals surface area contributed by atoms with Gasteiger partial charge in [0.15, 0.2) is 0 Å². The summed E-state index contributed by atoms with van der Waals surface area (Å²) < 4.78 is 0. The van der Waals surface area contributed by atoms with Crippen molar-refractivity contribution in [1.82, 2.24) is 0 Å². The molecule has 21 heavy (non-hydrogen) atoms. The van der Waals surface area contributed by atoms with Gasteiger partial charge in [-0.1, -0.05) is 43.6 Å². The van der Waals surface area contributed by atoms with E-state index in [0.29, 0.717) is 17.9 Å². The van der Waals surface area contributed by atoms with Gasteiger partial charge >= 0.3 is 0 Å². The first kappa shape index (κ1) is 15.9. The molecule has 0 aromatic rings. The third kappa shape index (κ3) is 3.42. The first-order chi connectivity index (χ1) is 9.98. The quantitative estimate of drug-likeness (QED) is 0.499. The number of aliphatic hydroxyl groups is 2. The first-order valence-electron chi connectivity index (χ1n) is 8.09. The van der Waals surface area contributed by atoms with E-state index in [9.17, 15) is 10.2 Å². The van der Waals surface area contributed by atoms with E-state index in [1.165, 1.54) is 24.8 Å². The molecule has 2 aliphatic carbocycles. The minimum absolute atomic E-state index is 0.0779. The molecule has 0 atom stereocenters. The fraction of sp³-hybridized carbons (Fsp3) is 0.579. The molecule has 0 amide bonds. The van der Waals surface area contributed by atoms with E-state index >= 15 is 0 Å². The summed E-state index contributed by atoms with van der Waals surface area (Å²) in [6, 6.07) is 0. The zero-order valence-electron chi connectivity index (χ0n) is 13.4. The highest BCUT2D eigenvalue weighted by Gasteiger charge is 2.37. The molecule has 2 nitrogen and oxygen atoms in total. The summed E-state index contributed by atoms with van der Waals surface area (Å²) in [5.41, 5.74) is 3.37. The van der Waals surface area contributed by atoms with Crippen LogP contribution in [-0.4, -0.2) is 10.2 Å². The lowest BCUT2D eigenvalue weighted by molar-refractivity contribution is 0.197. The predicted molar refractivity (Wildman–Crippen MR) is 88.3 cm³/mol. The second kappa shape index (κ2) is 6.55. The van der Waals surface area contributed by atoms with Crippen molar-refractivity contribution in [2.75, 3.05) is 0 Å². The van der Waals surface area contributed by atoms with Crippen LogP contribution >= 0.6 is 0 Å². The van der Waals surface area contributed by atoms with E-state index in [0.717, 1.165) is 36.8 Å². The highest BCUT2D eigenvalue weighted by atomic mass is 16.3. The van der Waals surface area contributed by atoms with Gasteiger partial charge in [-0.05, 0) is 49.7 Å². The van der Waals surface area contributed by atoms with Crippen molar-refractivity contribution in [3.8, 4) is 0 Å². The van der Waals surface area contributed by atoms with E-state index in [-0.39, 0.29) is 5.41 Å². The Bertz CT molecular complexity index is 500. The molecule has 0 saturated heterocycles. The number of allylic oxidation sites excluding steroid dienone is 7. The first-order valence-corrected chi connectivity index (χ1v) is 8.09. The van der Waals surface area contributed by atoms with Crippen LogP contribution in [0.2, 0.25) is 0 Å². The molecule has 0 aromatic carbocycles. The second-order valence-corrected chi connectivity index (χ2v) is 6.65. The van der Waals surface area contributed by atoms with Gasteiger partial charge in [0.1, 0.15) is 0 Å². The summed E-state index contributed by atoms with van der Waals surface area (Å²) in [7, 11) is 0. The van der Waals surface area contributed by atoms with Crippen molar-refractivity contribution in [2.45, 2.75) is 65.2 Å². The minimum Gasteiger partial charge on any atom is -0.512 e. The third-order valence-electron chi connectivity index (χ3n) is 5.24. The highest BCUT2D eigenvalue weighted by molar-refractivity contribution is 5.34. The Morgan fingerprint density at radius 1 is 1.29 bits per heavy atom. The maximum atomic E-state index is 10.4. The molecule has 0 bridgehead atoms. The van der Waals surface area contributed by atoms with Crippen molar-refractivity contribution in [3.63, 3.8) is 0 Å². The van der Waals surface area contributed by atoms with E-state index in [2.05, 4.69) is 12.7 Å². The van der Waals surface area contributed by atoms with Gasteiger partial charge in [-0.25, -0.2) is 0 Å². The van der Waals surface area contributed by atoms with Crippen LogP contribution in [-0.2, 0) is 0 Å². The largest absolute Gasteiger partial charge is 0.512 e. The molecule has 2 aliphatic rings. The molecule has 0 radical (unpaired) electrons. The minimum atomic E-state index is 0.0779. The van der Waals surface area contributed by atoms with Gasteiger partial charge in [0.25, 0.3) is 0 Å². The SMILES string of the molecule is C=C/C(C)=C(/O)CC1(C2=CC(C)=C(O)CC2)CCCCC1. The summed E-state index contributed by atoms with van der Waals surface area (Å²) in [6.45, 7) is 7.66. The average Bonchev–Trinajstić information content (AvgIpc) is 2.50. The van der Waals surface area contributed by atoms with Crippen LogP contribution in [0.25, 0.3) is 0 Å². The third-order valence-corrected chi connectivity index (χ3v) is 5.24. The summed E-state index contributed by atoms with van der Waals surface area (Å²) in [5, 5.41) is 20.3. The van der Waals surface area contributed by atoms with Gasteiger partial charge in [-0.15, -0.1) is 0 Å². The van der Waals surface area contributed by atoms with Crippen LogP contribution in [0.1, 0.15) is 65.2 Å². The van der Waals surface area contributed by atoms with E-state index in [4.69, 9.17) is 0 Å². The number of rotatable bonds is 4. The monoisotopic (exact) mass is 288 g/mol. The van der Waals surface area contributed by atoms with Crippen molar-refractivity contribution in [3.05, 3.63) is 47.0 Å². The lowest BCUT2D eigenvalue weighted by Crippen LogP contribution is -2.28. The topological polar surface area (TPSA) is 40.5 Å². The zero-order chi connectivity index (χ0) is 15.5. The summed E-state index contributed by atoms with van der Waals surface area (Å²) in [4.78, 5) is 0. The van der Waals surface area contributed by atoms with Crippen molar-refractivity contribution in [1.29, 1.82) is 0 Å². The molecular weight excluding hydrogens is 260 g/mol. The summed E-state index contributed by atoms with van der Waals surface area (Å²) in [5.74, 6) is 0.996. The smallest absolute Gasteiger partial charge is 0.0960 e. The lowest BCUT2D eigenvalue weighted by Gasteiger charge is -2.41. The molecule has 0 aliphatic heterocycles. The van der Waals surface area contributed by atoms with Crippen LogP contribution in [0.15, 0.2) is 47.0 Å². The van der Waals surface area contributed by atoms with Crippen LogP contribution in [0.5, 0.6) is 0 Å². The highest BCUT2D eigenvalue weighted by Crippen LogP contribution is 2.50. The van der Waals surface area contributed by atoms with E-state index in [1.54, 1.807) is 6.08 Å². The molecule has 0 aromatic heterocycles. The van der Waals surface area contributed by atoms with Gasteiger partial charge in [-0.3, -0.25) is 0 Å². The Labute approximate surface area is 128 Å². The molecule has 1 saturated carbocycles. The van der Waals surface area contributed by atoms with Gasteiger partial charge in [0.2, 0.25) is 0 Å². The summed E-state index contributed by atoms with van der Waals surface area (Å²) >= 11 is 0. The van der Waals surface area contributed by atoms with Crippen LogP contribution < -0.4 is 0 Å². The normalized spacial score (nSPS) is 23.4. The fourth-order valence-electron chi connectivity index (χ4n) is 3.70. The number of hydrogen-bond donors (Lipinski definition) is 2. The Balaban J connectivity index is 2.34. The van der Waals surface area contributed by atoms with Gasteiger partial charge in [0, 0.05) is 12.8 Å². The van der Waals surface area contributed by atoms with Crippen molar-refractivity contribution < 1.29 is 10.2 Å². The van der Waals surface area contributed by atoms with E-state index in [1.807, 2.05) is 13.8 Å². The molecule has 0 heterocycles. The van der Waals surface area contributed by atoms with Gasteiger partial charge < -0.3 is 10.2 Å². The second-order valence-electron chi connectivity index (χ2n) is 6.65.